The van der Waals surface area contributed by atoms with Gasteiger partial charge in [-0.3, -0.25) is 0 Å². The molecule has 0 aliphatic heterocycles. The average molecular weight is 265 g/mol. The Morgan fingerprint density at radius 3 is 2.35 bits per heavy atom. The molecule has 0 saturated carbocycles. The summed E-state index contributed by atoms with van der Waals surface area (Å²) in [7, 11) is 0.499. The summed E-state index contributed by atoms with van der Waals surface area (Å²) in [6.07, 6.45) is 2.07. The van der Waals surface area contributed by atoms with Gasteiger partial charge in [0.25, 0.3) is 0 Å². The van der Waals surface area contributed by atoms with Crippen LogP contribution in [-0.2, 0) is 6.42 Å². The standard InChI is InChI=1S/C14H14ClOP/c15-13-8-6-12(7-9-13)10-11-17-16-14-4-2-1-3-5-14/h1-9,17H,10-11H2. The van der Waals surface area contributed by atoms with Gasteiger partial charge in [-0.05, 0) is 36.2 Å². The second kappa shape index (κ2) is 6.64. The van der Waals surface area contributed by atoms with E-state index in [9.17, 15) is 0 Å². The fourth-order valence-electron chi connectivity index (χ4n) is 1.47. The minimum atomic E-state index is 0.499. The molecule has 1 nitrogen and oxygen atoms in total. The molecule has 0 radical (unpaired) electrons. The van der Waals surface area contributed by atoms with Crippen LogP contribution in [0.15, 0.2) is 54.6 Å². The molecular weight excluding hydrogens is 251 g/mol. The summed E-state index contributed by atoms with van der Waals surface area (Å²) in [5.74, 6) is 0.946. The molecule has 0 aliphatic rings. The van der Waals surface area contributed by atoms with E-state index >= 15 is 0 Å². The Labute approximate surface area is 109 Å². The van der Waals surface area contributed by atoms with Crippen molar-refractivity contribution < 1.29 is 4.52 Å². The molecule has 2 aromatic rings. The predicted molar refractivity (Wildman–Crippen MR) is 75.4 cm³/mol. The lowest BCUT2D eigenvalue weighted by atomic mass is 10.2. The first kappa shape index (κ1) is 12.4. The van der Waals surface area contributed by atoms with E-state index < -0.39 is 0 Å². The molecule has 0 fully saturated rings. The Balaban J connectivity index is 1.71. The van der Waals surface area contributed by atoms with Crippen molar-refractivity contribution in [3.63, 3.8) is 0 Å². The summed E-state index contributed by atoms with van der Waals surface area (Å²) in [4.78, 5) is 0. The number of rotatable bonds is 5. The van der Waals surface area contributed by atoms with Crippen molar-refractivity contribution in [2.45, 2.75) is 6.42 Å². The van der Waals surface area contributed by atoms with Crippen molar-refractivity contribution >= 4 is 20.4 Å². The number of hydrogen-bond acceptors (Lipinski definition) is 1. The molecule has 0 N–H and O–H groups in total. The van der Waals surface area contributed by atoms with E-state index in [1.165, 1.54) is 5.56 Å². The molecule has 17 heavy (non-hydrogen) atoms. The molecule has 0 saturated heterocycles. The van der Waals surface area contributed by atoms with Crippen LogP contribution in [0.3, 0.4) is 0 Å². The number of benzene rings is 2. The van der Waals surface area contributed by atoms with E-state index in [0.29, 0.717) is 8.81 Å². The quantitative estimate of drug-likeness (QED) is 0.568. The maximum Gasteiger partial charge on any atom is 0.122 e. The van der Waals surface area contributed by atoms with Crippen molar-refractivity contribution in [1.82, 2.24) is 0 Å². The minimum Gasteiger partial charge on any atom is -0.477 e. The van der Waals surface area contributed by atoms with E-state index in [0.717, 1.165) is 23.4 Å². The Morgan fingerprint density at radius 1 is 0.941 bits per heavy atom. The topological polar surface area (TPSA) is 9.23 Å². The molecule has 3 heteroatoms. The molecule has 1 atom stereocenters. The summed E-state index contributed by atoms with van der Waals surface area (Å²) in [5.41, 5.74) is 1.30. The molecule has 1 unspecified atom stereocenters. The first-order valence-electron chi connectivity index (χ1n) is 5.54. The normalized spacial score (nSPS) is 10.9. The predicted octanol–water partition coefficient (Wildman–Crippen LogP) is 4.56. The average Bonchev–Trinajstić information content (AvgIpc) is 2.38. The van der Waals surface area contributed by atoms with Crippen LogP contribution in [0.25, 0.3) is 0 Å². The van der Waals surface area contributed by atoms with Gasteiger partial charge in [0, 0.05) is 11.2 Å². The fourth-order valence-corrected chi connectivity index (χ4v) is 2.39. The Hall–Kier alpha value is -1.04. The number of para-hydroxylation sites is 1. The third-order valence-corrected chi connectivity index (χ3v) is 3.45. The summed E-state index contributed by atoms with van der Waals surface area (Å²) < 4.78 is 5.65. The minimum absolute atomic E-state index is 0.499. The van der Waals surface area contributed by atoms with Crippen LogP contribution in [0.4, 0.5) is 0 Å². The molecule has 0 aliphatic carbocycles. The first-order chi connectivity index (χ1) is 8.34. The smallest absolute Gasteiger partial charge is 0.122 e. The lowest BCUT2D eigenvalue weighted by molar-refractivity contribution is 0.630. The number of halogens is 1. The van der Waals surface area contributed by atoms with Gasteiger partial charge in [-0.1, -0.05) is 41.9 Å². The first-order valence-corrected chi connectivity index (χ1v) is 7.03. The van der Waals surface area contributed by atoms with Crippen LogP contribution >= 0.6 is 20.4 Å². The van der Waals surface area contributed by atoms with Crippen LogP contribution in [0.2, 0.25) is 5.02 Å². The summed E-state index contributed by atoms with van der Waals surface area (Å²) in [5, 5.41) is 0.789. The molecule has 0 bridgehead atoms. The second-order valence-electron chi connectivity index (χ2n) is 3.69. The summed E-state index contributed by atoms with van der Waals surface area (Å²) in [6, 6.07) is 17.9. The zero-order chi connectivity index (χ0) is 11.9. The van der Waals surface area contributed by atoms with E-state index in [1.54, 1.807) is 0 Å². The van der Waals surface area contributed by atoms with Crippen molar-refractivity contribution in [2.75, 3.05) is 6.16 Å². The van der Waals surface area contributed by atoms with Crippen LogP contribution in [0.1, 0.15) is 5.56 Å². The van der Waals surface area contributed by atoms with Gasteiger partial charge >= 0.3 is 0 Å². The Kier molecular flexibility index (Phi) is 4.85. The number of hydrogen-bond donors (Lipinski definition) is 0. The molecular formula is C14H14ClOP. The fraction of sp³-hybridized carbons (Fsp3) is 0.143. The van der Waals surface area contributed by atoms with Crippen molar-refractivity contribution in [3.8, 4) is 5.75 Å². The molecule has 2 aromatic carbocycles. The van der Waals surface area contributed by atoms with Crippen LogP contribution < -0.4 is 4.52 Å². The monoisotopic (exact) mass is 264 g/mol. The summed E-state index contributed by atoms with van der Waals surface area (Å²) in [6.45, 7) is 0. The number of aryl methyl sites for hydroxylation is 1. The van der Waals surface area contributed by atoms with E-state index in [4.69, 9.17) is 16.1 Å². The van der Waals surface area contributed by atoms with E-state index in [1.807, 2.05) is 42.5 Å². The van der Waals surface area contributed by atoms with Crippen molar-refractivity contribution in [3.05, 3.63) is 65.2 Å². The third-order valence-electron chi connectivity index (χ3n) is 2.36. The lowest BCUT2D eigenvalue weighted by Gasteiger charge is -2.05. The molecule has 0 spiro atoms. The highest BCUT2D eigenvalue weighted by Gasteiger charge is 1.95. The van der Waals surface area contributed by atoms with Gasteiger partial charge in [0.15, 0.2) is 0 Å². The molecule has 0 heterocycles. The van der Waals surface area contributed by atoms with E-state index in [2.05, 4.69) is 12.1 Å². The van der Waals surface area contributed by atoms with Gasteiger partial charge in [-0.25, -0.2) is 0 Å². The highest BCUT2D eigenvalue weighted by molar-refractivity contribution is 7.32. The van der Waals surface area contributed by atoms with Gasteiger partial charge in [0.2, 0.25) is 0 Å². The molecule has 2 rings (SSSR count). The van der Waals surface area contributed by atoms with Crippen LogP contribution in [0.5, 0.6) is 5.75 Å². The SMILES string of the molecule is Clc1ccc(CCPOc2ccccc2)cc1. The third kappa shape index (κ3) is 4.38. The maximum absolute atomic E-state index is 5.83. The molecule has 88 valence electrons. The van der Waals surface area contributed by atoms with Crippen molar-refractivity contribution in [1.29, 1.82) is 0 Å². The highest BCUT2D eigenvalue weighted by atomic mass is 35.5. The summed E-state index contributed by atoms with van der Waals surface area (Å²) >= 11 is 5.83. The zero-order valence-electron chi connectivity index (χ0n) is 9.40. The van der Waals surface area contributed by atoms with Gasteiger partial charge in [-0.15, -0.1) is 0 Å². The second-order valence-corrected chi connectivity index (χ2v) is 5.12. The van der Waals surface area contributed by atoms with Gasteiger partial charge in [0.1, 0.15) is 5.75 Å². The largest absolute Gasteiger partial charge is 0.477 e. The van der Waals surface area contributed by atoms with Crippen LogP contribution in [0, 0.1) is 0 Å². The Bertz CT molecular complexity index is 442. The zero-order valence-corrected chi connectivity index (χ0v) is 11.2. The maximum atomic E-state index is 5.83. The lowest BCUT2D eigenvalue weighted by Crippen LogP contribution is -1.89. The van der Waals surface area contributed by atoms with Crippen molar-refractivity contribution in [2.24, 2.45) is 0 Å². The van der Waals surface area contributed by atoms with Gasteiger partial charge in [-0.2, -0.15) is 0 Å². The van der Waals surface area contributed by atoms with Gasteiger partial charge in [0.05, 0.1) is 8.81 Å². The van der Waals surface area contributed by atoms with E-state index in [-0.39, 0.29) is 0 Å². The van der Waals surface area contributed by atoms with Gasteiger partial charge < -0.3 is 4.52 Å². The molecule has 0 aromatic heterocycles. The van der Waals surface area contributed by atoms with Crippen LogP contribution in [-0.4, -0.2) is 6.16 Å². The highest BCUT2D eigenvalue weighted by Crippen LogP contribution is 2.21. The molecule has 0 amide bonds. The Morgan fingerprint density at radius 2 is 1.65 bits per heavy atom.